The number of nitrogens with two attached hydrogens (primary N) is 1. The van der Waals surface area contributed by atoms with Gasteiger partial charge in [0, 0.05) is 12.6 Å². The van der Waals surface area contributed by atoms with Crippen LogP contribution in [0.2, 0.25) is 5.15 Å². The summed E-state index contributed by atoms with van der Waals surface area (Å²) < 4.78 is 13.7. The second-order valence-electron chi connectivity index (χ2n) is 4.53. The molecule has 1 aromatic rings. The SMILES string of the molecule is N#Cc1cc(F)c(N[C@@H](CN)CC2CC2)nc1Cl. The molecule has 3 N–H and O–H groups in total. The van der Waals surface area contributed by atoms with Crippen molar-refractivity contribution in [1.29, 1.82) is 5.26 Å². The van der Waals surface area contributed by atoms with Gasteiger partial charge in [-0.1, -0.05) is 24.4 Å². The molecule has 0 saturated heterocycles. The molecule has 4 nitrogen and oxygen atoms in total. The molecule has 18 heavy (non-hydrogen) atoms. The molecule has 0 aromatic carbocycles. The lowest BCUT2D eigenvalue weighted by molar-refractivity contribution is 0.586. The third kappa shape index (κ3) is 3.09. The van der Waals surface area contributed by atoms with Gasteiger partial charge in [0.2, 0.25) is 0 Å². The van der Waals surface area contributed by atoms with Gasteiger partial charge in [-0.25, -0.2) is 9.37 Å². The average Bonchev–Trinajstić information content (AvgIpc) is 3.16. The number of nitriles is 1. The van der Waals surface area contributed by atoms with E-state index in [1.807, 2.05) is 0 Å². The zero-order chi connectivity index (χ0) is 13.1. The van der Waals surface area contributed by atoms with Crippen molar-refractivity contribution in [1.82, 2.24) is 4.98 Å². The van der Waals surface area contributed by atoms with Crippen LogP contribution in [0.5, 0.6) is 0 Å². The Hall–Kier alpha value is -1.38. The van der Waals surface area contributed by atoms with E-state index in [1.165, 1.54) is 12.8 Å². The number of anilines is 1. The normalized spacial score (nSPS) is 16.1. The van der Waals surface area contributed by atoms with Crippen LogP contribution in [0.4, 0.5) is 10.2 Å². The summed E-state index contributed by atoms with van der Waals surface area (Å²) in [7, 11) is 0. The van der Waals surface area contributed by atoms with E-state index >= 15 is 0 Å². The van der Waals surface area contributed by atoms with Gasteiger partial charge in [-0.3, -0.25) is 0 Å². The first kappa shape index (κ1) is 13.1. The molecule has 96 valence electrons. The van der Waals surface area contributed by atoms with Crippen molar-refractivity contribution in [2.75, 3.05) is 11.9 Å². The number of rotatable bonds is 5. The minimum absolute atomic E-state index is 0.00333. The first-order valence-corrected chi connectivity index (χ1v) is 6.24. The fraction of sp³-hybridized carbons (Fsp3) is 0.500. The van der Waals surface area contributed by atoms with Crippen molar-refractivity contribution in [2.45, 2.75) is 25.3 Å². The zero-order valence-electron chi connectivity index (χ0n) is 9.79. The molecular weight excluding hydrogens is 255 g/mol. The highest BCUT2D eigenvalue weighted by Gasteiger charge is 2.25. The van der Waals surface area contributed by atoms with Gasteiger partial charge in [-0.05, 0) is 18.4 Å². The average molecular weight is 269 g/mol. The van der Waals surface area contributed by atoms with Crippen LogP contribution in [0.1, 0.15) is 24.8 Å². The molecule has 0 amide bonds. The van der Waals surface area contributed by atoms with E-state index in [1.54, 1.807) is 6.07 Å². The molecule has 0 radical (unpaired) electrons. The topological polar surface area (TPSA) is 74.7 Å². The number of pyridine rings is 1. The molecule has 0 aliphatic heterocycles. The van der Waals surface area contributed by atoms with E-state index in [2.05, 4.69) is 10.3 Å². The van der Waals surface area contributed by atoms with Crippen LogP contribution in [0.15, 0.2) is 6.07 Å². The second-order valence-corrected chi connectivity index (χ2v) is 4.88. The molecule has 1 saturated carbocycles. The minimum Gasteiger partial charge on any atom is -0.364 e. The lowest BCUT2D eigenvalue weighted by Gasteiger charge is -2.17. The fourth-order valence-corrected chi connectivity index (χ4v) is 1.99. The molecular formula is C12H14ClFN4. The van der Waals surface area contributed by atoms with E-state index in [-0.39, 0.29) is 22.6 Å². The van der Waals surface area contributed by atoms with Crippen molar-refractivity contribution < 1.29 is 4.39 Å². The number of halogens is 2. The van der Waals surface area contributed by atoms with Crippen LogP contribution in [0.3, 0.4) is 0 Å². The number of nitrogens with one attached hydrogen (secondary N) is 1. The Kier molecular flexibility index (Phi) is 4.00. The molecule has 0 unspecified atom stereocenters. The first-order valence-electron chi connectivity index (χ1n) is 5.86. The molecule has 1 aliphatic rings. The smallest absolute Gasteiger partial charge is 0.166 e. The second kappa shape index (κ2) is 5.51. The van der Waals surface area contributed by atoms with Gasteiger partial charge in [0.25, 0.3) is 0 Å². The largest absolute Gasteiger partial charge is 0.364 e. The van der Waals surface area contributed by atoms with Gasteiger partial charge >= 0.3 is 0 Å². The predicted octanol–water partition coefficient (Wildman–Crippen LogP) is 2.29. The summed E-state index contributed by atoms with van der Waals surface area (Å²) in [5.41, 5.74) is 5.68. The van der Waals surface area contributed by atoms with E-state index in [9.17, 15) is 4.39 Å². The minimum atomic E-state index is -0.579. The maximum Gasteiger partial charge on any atom is 0.166 e. The summed E-state index contributed by atoms with van der Waals surface area (Å²) in [6.07, 6.45) is 3.33. The molecule has 0 bridgehead atoms. The molecule has 1 heterocycles. The predicted molar refractivity (Wildman–Crippen MR) is 67.7 cm³/mol. The van der Waals surface area contributed by atoms with Gasteiger partial charge < -0.3 is 11.1 Å². The number of hydrogen-bond acceptors (Lipinski definition) is 4. The van der Waals surface area contributed by atoms with E-state index in [4.69, 9.17) is 22.6 Å². The Balaban J connectivity index is 2.12. The Bertz CT molecular complexity index is 482. The van der Waals surface area contributed by atoms with Crippen LogP contribution >= 0.6 is 11.6 Å². The number of hydrogen-bond donors (Lipinski definition) is 2. The van der Waals surface area contributed by atoms with Crippen LogP contribution in [-0.4, -0.2) is 17.6 Å². The van der Waals surface area contributed by atoms with Gasteiger partial charge in [0.1, 0.15) is 11.2 Å². The molecule has 1 aromatic heterocycles. The molecule has 6 heteroatoms. The summed E-state index contributed by atoms with van der Waals surface area (Å²) in [6.45, 7) is 0.412. The molecule has 0 spiro atoms. The van der Waals surface area contributed by atoms with Crippen LogP contribution in [-0.2, 0) is 0 Å². The van der Waals surface area contributed by atoms with Crippen LogP contribution in [0, 0.1) is 23.1 Å². The van der Waals surface area contributed by atoms with Gasteiger partial charge in [-0.15, -0.1) is 0 Å². The molecule has 1 aliphatic carbocycles. The monoisotopic (exact) mass is 268 g/mol. The number of nitrogens with zero attached hydrogens (tertiary/aromatic N) is 2. The highest BCUT2D eigenvalue weighted by atomic mass is 35.5. The molecule has 2 rings (SSSR count). The Morgan fingerprint density at radius 1 is 1.67 bits per heavy atom. The van der Waals surface area contributed by atoms with Gasteiger partial charge in [0.05, 0.1) is 5.56 Å². The van der Waals surface area contributed by atoms with Crippen molar-refractivity contribution >= 4 is 17.4 Å². The van der Waals surface area contributed by atoms with Gasteiger partial charge in [-0.2, -0.15) is 5.26 Å². The summed E-state index contributed by atoms with van der Waals surface area (Å²) in [6, 6.07) is 2.86. The Morgan fingerprint density at radius 3 is 2.94 bits per heavy atom. The van der Waals surface area contributed by atoms with Crippen molar-refractivity contribution in [3.63, 3.8) is 0 Å². The Morgan fingerprint density at radius 2 is 2.39 bits per heavy atom. The maximum absolute atomic E-state index is 13.7. The zero-order valence-corrected chi connectivity index (χ0v) is 10.5. The third-order valence-electron chi connectivity index (χ3n) is 2.99. The van der Waals surface area contributed by atoms with E-state index in [0.717, 1.165) is 12.5 Å². The lowest BCUT2D eigenvalue weighted by atomic mass is 10.1. The standard InChI is InChI=1S/C12H14ClFN4/c13-11-8(5-15)4-10(14)12(18-11)17-9(6-16)3-7-1-2-7/h4,7,9H,1-3,6,16H2,(H,17,18)/t9-/m1/s1. The summed E-state index contributed by atoms with van der Waals surface area (Å²) in [4.78, 5) is 3.86. The van der Waals surface area contributed by atoms with Crippen molar-refractivity contribution in [2.24, 2.45) is 11.7 Å². The van der Waals surface area contributed by atoms with Gasteiger partial charge in [0.15, 0.2) is 11.6 Å². The molecule has 1 atom stereocenters. The van der Waals surface area contributed by atoms with Crippen molar-refractivity contribution in [3.8, 4) is 6.07 Å². The van der Waals surface area contributed by atoms with Crippen molar-refractivity contribution in [3.05, 3.63) is 22.6 Å². The highest BCUT2D eigenvalue weighted by molar-refractivity contribution is 6.30. The maximum atomic E-state index is 13.7. The fourth-order valence-electron chi connectivity index (χ4n) is 1.81. The van der Waals surface area contributed by atoms with E-state index in [0.29, 0.717) is 12.5 Å². The van der Waals surface area contributed by atoms with Crippen LogP contribution in [0.25, 0.3) is 0 Å². The summed E-state index contributed by atoms with van der Waals surface area (Å²) >= 11 is 5.77. The third-order valence-corrected chi connectivity index (χ3v) is 3.28. The first-order chi connectivity index (χ1) is 8.63. The Labute approximate surface area is 110 Å². The number of aromatic nitrogens is 1. The van der Waals surface area contributed by atoms with Crippen LogP contribution < -0.4 is 11.1 Å². The lowest BCUT2D eigenvalue weighted by Crippen LogP contribution is -2.30. The van der Waals surface area contributed by atoms with E-state index < -0.39 is 5.82 Å². The highest BCUT2D eigenvalue weighted by Crippen LogP contribution is 2.34. The molecule has 1 fully saturated rings. The quantitative estimate of drug-likeness (QED) is 0.804. The summed E-state index contributed by atoms with van der Waals surface area (Å²) in [5, 5.41) is 11.7. The summed E-state index contributed by atoms with van der Waals surface area (Å²) in [5.74, 6) is 0.170.